The van der Waals surface area contributed by atoms with Gasteiger partial charge in [0.1, 0.15) is 5.75 Å². The molecule has 102 valence electrons. The molecule has 0 saturated heterocycles. The smallest absolute Gasteiger partial charge is 0.122 e. The quantitative estimate of drug-likeness (QED) is 0.740. The number of rotatable bonds is 7. The molecule has 0 atom stereocenters. The molecule has 1 aromatic rings. The first-order valence-electron chi connectivity index (χ1n) is 7.08. The van der Waals surface area contributed by atoms with Crippen LogP contribution in [0.4, 0.5) is 0 Å². The van der Waals surface area contributed by atoms with Crippen molar-refractivity contribution in [2.45, 2.75) is 52.5 Å². The Hall–Kier alpha value is -1.02. The van der Waals surface area contributed by atoms with Crippen molar-refractivity contribution in [3.05, 3.63) is 29.8 Å². The predicted octanol–water partition coefficient (Wildman–Crippen LogP) is 2.77. The maximum absolute atomic E-state index is 5.85. The van der Waals surface area contributed by atoms with E-state index in [1.54, 1.807) is 0 Å². The third-order valence-corrected chi connectivity index (χ3v) is 2.97. The summed E-state index contributed by atoms with van der Waals surface area (Å²) in [7, 11) is 0. The third-order valence-electron chi connectivity index (χ3n) is 2.97. The molecule has 18 heavy (non-hydrogen) atoms. The number of hydrogen-bond acceptors (Lipinski definition) is 1. The number of quaternary nitrogens is 1. The molecule has 0 heterocycles. The number of ether oxygens (including phenoxy) is 1. The van der Waals surface area contributed by atoms with Crippen LogP contribution in [0, 0.1) is 0 Å². The normalized spacial score (nSPS) is 11.6. The van der Waals surface area contributed by atoms with Gasteiger partial charge < -0.3 is 10.1 Å². The molecule has 0 saturated carbocycles. The lowest BCUT2D eigenvalue weighted by Gasteiger charge is -2.16. The number of hydrogen-bond donors (Lipinski definition) is 1. The van der Waals surface area contributed by atoms with Gasteiger partial charge in [-0.2, -0.15) is 0 Å². The highest BCUT2D eigenvalue weighted by Gasteiger charge is 2.11. The average Bonchev–Trinajstić information content (AvgIpc) is 2.32. The lowest BCUT2D eigenvalue weighted by Crippen LogP contribution is -2.94. The second kappa shape index (κ2) is 7.42. The Labute approximate surface area is 112 Å². The van der Waals surface area contributed by atoms with E-state index in [9.17, 15) is 0 Å². The predicted molar refractivity (Wildman–Crippen MR) is 77.1 cm³/mol. The molecule has 0 aliphatic carbocycles. The van der Waals surface area contributed by atoms with E-state index in [1.165, 1.54) is 18.5 Å². The van der Waals surface area contributed by atoms with Gasteiger partial charge in [-0.15, -0.1) is 0 Å². The fourth-order valence-electron chi connectivity index (χ4n) is 1.90. The van der Waals surface area contributed by atoms with E-state index >= 15 is 0 Å². The highest BCUT2D eigenvalue weighted by Crippen LogP contribution is 2.18. The van der Waals surface area contributed by atoms with Gasteiger partial charge in [0.05, 0.1) is 18.7 Å². The summed E-state index contributed by atoms with van der Waals surface area (Å²) in [6.07, 6.45) is 3.38. The fourth-order valence-corrected chi connectivity index (χ4v) is 1.90. The van der Waals surface area contributed by atoms with E-state index in [2.05, 4.69) is 51.2 Å². The molecule has 1 rings (SSSR count). The zero-order chi connectivity index (χ0) is 13.4. The Balaban J connectivity index is 2.18. The highest BCUT2D eigenvalue weighted by atomic mass is 16.5. The number of benzene rings is 1. The van der Waals surface area contributed by atoms with Crippen LogP contribution in [0.15, 0.2) is 24.3 Å². The second-order valence-corrected chi connectivity index (χ2v) is 5.88. The zero-order valence-electron chi connectivity index (χ0n) is 12.3. The van der Waals surface area contributed by atoms with Crippen molar-refractivity contribution in [2.75, 3.05) is 13.2 Å². The van der Waals surface area contributed by atoms with Crippen molar-refractivity contribution in [1.29, 1.82) is 0 Å². The van der Waals surface area contributed by atoms with Crippen LogP contribution < -0.4 is 10.1 Å². The lowest BCUT2D eigenvalue weighted by atomic mass is 10.1. The van der Waals surface area contributed by atoms with Crippen molar-refractivity contribution in [1.82, 2.24) is 0 Å². The Morgan fingerprint density at radius 3 is 2.50 bits per heavy atom. The van der Waals surface area contributed by atoms with Crippen molar-refractivity contribution < 1.29 is 10.1 Å². The number of unbranched alkanes of at least 4 members (excludes halogenated alkanes) is 1. The average molecular weight is 250 g/mol. The van der Waals surface area contributed by atoms with Gasteiger partial charge in [0.25, 0.3) is 0 Å². The summed E-state index contributed by atoms with van der Waals surface area (Å²) in [5, 5.41) is 2.40. The summed E-state index contributed by atoms with van der Waals surface area (Å²) in [6.45, 7) is 10.9. The summed E-state index contributed by atoms with van der Waals surface area (Å²) in [6, 6.07) is 8.33. The Morgan fingerprint density at radius 1 is 1.11 bits per heavy atom. The van der Waals surface area contributed by atoms with Gasteiger partial charge in [0, 0.05) is 0 Å². The maximum Gasteiger partial charge on any atom is 0.122 e. The minimum absolute atomic E-state index is 0.343. The molecule has 0 aromatic heterocycles. The Morgan fingerprint density at radius 2 is 1.83 bits per heavy atom. The Kier molecular flexibility index (Phi) is 6.20. The molecule has 0 unspecified atom stereocenters. The summed E-state index contributed by atoms with van der Waals surface area (Å²) in [5.74, 6) is 1.06. The maximum atomic E-state index is 5.85. The molecule has 0 aliphatic heterocycles. The molecule has 0 bridgehead atoms. The van der Waals surface area contributed by atoms with Crippen LogP contribution in [0.25, 0.3) is 0 Å². The highest BCUT2D eigenvalue weighted by molar-refractivity contribution is 5.33. The minimum Gasteiger partial charge on any atom is -0.493 e. The molecular weight excluding hydrogens is 222 g/mol. The number of nitrogens with two attached hydrogens (primary N) is 1. The van der Waals surface area contributed by atoms with Gasteiger partial charge in [0.15, 0.2) is 0 Å². The van der Waals surface area contributed by atoms with Crippen LogP contribution in [-0.2, 0) is 6.42 Å². The minimum atomic E-state index is 0.343. The summed E-state index contributed by atoms with van der Waals surface area (Å²) < 4.78 is 5.85. The molecule has 2 N–H and O–H groups in total. The molecule has 0 radical (unpaired) electrons. The monoisotopic (exact) mass is 250 g/mol. The molecule has 0 fully saturated rings. The molecule has 1 aromatic carbocycles. The lowest BCUT2D eigenvalue weighted by molar-refractivity contribution is -0.717. The van der Waals surface area contributed by atoms with Gasteiger partial charge in [-0.1, -0.05) is 25.1 Å². The van der Waals surface area contributed by atoms with E-state index in [4.69, 9.17) is 4.74 Å². The van der Waals surface area contributed by atoms with Gasteiger partial charge >= 0.3 is 0 Å². The number of para-hydroxylation sites is 1. The second-order valence-electron chi connectivity index (χ2n) is 5.88. The molecular formula is C16H28NO+. The molecule has 2 heteroatoms. The Bertz CT molecular complexity index is 341. The van der Waals surface area contributed by atoms with Crippen molar-refractivity contribution in [2.24, 2.45) is 0 Å². The zero-order valence-corrected chi connectivity index (χ0v) is 12.3. The standard InChI is InChI=1S/C16H27NO/c1-5-14-10-6-7-11-15(14)18-13-9-8-12-17-16(2,3)4/h6-7,10-11,17H,5,8-9,12-13H2,1-4H3/p+1. The van der Waals surface area contributed by atoms with Crippen LogP contribution in [0.2, 0.25) is 0 Å². The van der Waals surface area contributed by atoms with Crippen LogP contribution in [-0.4, -0.2) is 18.7 Å². The van der Waals surface area contributed by atoms with Gasteiger partial charge in [0.2, 0.25) is 0 Å². The van der Waals surface area contributed by atoms with E-state index < -0.39 is 0 Å². The van der Waals surface area contributed by atoms with E-state index in [0.717, 1.165) is 25.2 Å². The van der Waals surface area contributed by atoms with Crippen LogP contribution in [0.3, 0.4) is 0 Å². The van der Waals surface area contributed by atoms with Crippen molar-refractivity contribution in [3.63, 3.8) is 0 Å². The largest absolute Gasteiger partial charge is 0.493 e. The van der Waals surface area contributed by atoms with Crippen LogP contribution in [0.5, 0.6) is 5.75 Å². The third kappa shape index (κ3) is 6.06. The van der Waals surface area contributed by atoms with Crippen molar-refractivity contribution >= 4 is 0 Å². The van der Waals surface area contributed by atoms with Gasteiger partial charge in [-0.3, -0.25) is 0 Å². The number of aryl methyl sites for hydroxylation is 1. The van der Waals surface area contributed by atoms with E-state index in [1.807, 2.05) is 6.07 Å². The van der Waals surface area contributed by atoms with E-state index in [-0.39, 0.29) is 0 Å². The molecule has 0 spiro atoms. The van der Waals surface area contributed by atoms with Gasteiger partial charge in [-0.25, -0.2) is 0 Å². The summed E-state index contributed by atoms with van der Waals surface area (Å²) >= 11 is 0. The topological polar surface area (TPSA) is 25.8 Å². The fraction of sp³-hybridized carbons (Fsp3) is 0.625. The van der Waals surface area contributed by atoms with Crippen LogP contribution >= 0.6 is 0 Å². The SMILES string of the molecule is CCc1ccccc1OCCCC[NH2+]C(C)(C)C. The first-order chi connectivity index (χ1) is 8.53. The van der Waals surface area contributed by atoms with Crippen LogP contribution in [0.1, 0.15) is 46.1 Å². The van der Waals surface area contributed by atoms with Crippen molar-refractivity contribution in [3.8, 4) is 5.75 Å². The summed E-state index contributed by atoms with van der Waals surface area (Å²) in [4.78, 5) is 0. The first kappa shape index (κ1) is 15.0. The first-order valence-corrected chi connectivity index (χ1v) is 7.08. The summed E-state index contributed by atoms with van der Waals surface area (Å²) in [5.41, 5.74) is 1.65. The van der Waals surface area contributed by atoms with E-state index in [0.29, 0.717) is 5.54 Å². The molecule has 0 aliphatic rings. The molecule has 2 nitrogen and oxygen atoms in total. The van der Waals surface area contributed by atoms with Gasteiger partial charge in [-0.05, 0) is 51.7 Å². The molecule has 0 amide bonds.